The molecule has 1 aliphatic rings. The minimum Gasteiger partial charge on any atom is -0.391 e. The third kappa shape index (κ3) is 3.30. The summed E-state index contributed by atoms with van der Waals surface area (Å²) in [7, 11) is 0. The Morgan fingerprint density at radius 1 is 1.35 bits per heavy atom. The second-order valence-corrected chi connectivity index (χ2v) is 5.36. The van der Waals surface area contributed by atoms with Gasteiger partial charge in [0.1, 0.15) is 0 Å². The minimum atomic E-state index is -0.403. The molecule has 1 saturated carbocycles. The van der Waals surface area contributed by atoms with Crippen molar-refractivity contribution in [3.05, 3.63) is 34.3 Å². The summed E-state index contributed by atoms with van der Waals surface area (Å²) in [4.78, 5) is 12.0. The Hall–Kier alpha value is -0.870. The lowest BCUT2D eigenvalue weighted by molar-refractivity contribution is 0.0717. The molecule has 17 heavy (non-hydrogen) atoms. The molecule has 2 rings (SSSR count). The van der Waals surface area contributed by atoms with Crippen molar-refractivity contribution in [2.75, 3.05) is 0 Å². The van der Waals surface area contributed by atoms with Gasteiger partial charge in [-0.05, 0) is 31.0 Å². The Morgan fingerprint density at radius 2 is 2.12 bits per heavy atom. The van der Waals surface area contributed by atoms with Gasteiger partial charge in [0, 0.05) is 10.0 Å². The van der Waals surface area contributed by atoms with E-state index in [2.05, 4.69) is 21.2 Å². The van der Waals surface area contributed by atoms with Gasteiger partial charge in [-0.1, -0.05) is 34.8 Å². The summed E-state index contributed by atoms with van der Waals surface area (Å²) in [6, 6.07) is 7.16. The summed E-state index contributed by atoms with van der Waals surface area (Å²) < 4.78 is 0.884. The number of aliphatic hydroxyl groups excluding tert-OH is 1. The van der Waals surface area contributed by atoms with Gasteiger partial charge in [0.05, 0.1) is 12.1 Å². The zero-order chi connectivity index (χ0) is 12.3. The topological polar surface area (TPSA) is 49.3 Å². The van der Waals surface area contributed by atoms with E-state index in [1.165, 1.54) is 0 Å². The maximum atomic E-state index is 12.0. The molecule has 1 fully saturated rings. The largest absolute Gasteiger partial charge is 0.391 e. The molecule has 2 atom stereocenters. The fraction of sp³-hybridized carbons (Fsp3) is 0.462. The molecule has 0 heterocycles. The fourth-order valence-corrected chi connectivity index (χ4v) is 2.56. The number of carbonyl (C=O) groups is 1. The molecule has 1 amide bonds. The van der Waals surface area contributed by atoms with Crippen LogP contribution in [-0.4, -0.2) is 23.2 Å². The lowest BCUT2D eigenvalue weighted by Gasteiger charge is -2.28. The van der Waals surface area contributed by atoms with Crippen LogP contribution in [0.25, 0.3) is 0 Å². The van der Waals surface area contributed by atoms with Crippen molar-refractivity contribution in [2.24, 2.45) is 0 Å². The van der Waals surface area contributed by atoms with Crippen LogP contribution in [0, 0.1) is 0 Å². The molecule has 0 unspecified atom stereocenters. The van der Waals surface area contributed by atoms with E-state index in [0.717, 1.165) is 30.2 Å². The van der Waals surface area contributed by atoms with Gasteiger partial charge in [0.2, 0.25) is 0 Å². The number of amides is 1. The van der Waals surface area contributed by atoms with Crippen LogP contribution >= 0.6 is 15.9 Å². The summed E-state index contributed by atoms with van der Waals surface area (Å²) in [6.07, 6.45) is 3.36. The maximum absolute atomic E-state index is 12.0. The summed E-state index contributed by atoms with van der Waals surface area (Å²) in [5.74, 6) is -0.114. The van der Waals surface area contributed by atoms with Gasteiger partial charge < -0.3 is 10.4 Å². The lowest BCUT2D eigenvalue weighted by atomic mass is 9.92. The maximum Gasteiger partial charge on any atom is 0.251 e. The highest BCUT2D eigenvalue weighted by Crippen LogP contribution is 2.19. The molecule has 0 saturated heterocycles. The Morgan fingerprint density at radius 3 is 2.82 bits per heavy atom. The average Bonchev–Trinajstić information content (AvgIpc) is 2.32. The van der Waals surface area contributed by atoms with Gasteiger partial charge >= 0.3 is 0 Å². The average molecular weight is 298 g/mol. The first-order valence-corrected chi connectivity index (χ1v) is 6.70. The molecule has 0 spiro atoms. The van der Waals surface area contributed by atoms with E-state index < -0.39 is 6.10 Å². The number of hydrogen-bond donors (Lipinski definition) is 2. The SMILES string of the molecule is O=C(N[C@@H]1CCCC[C@H]1O)c1cccc(Br)c1. The third-order valence-corrected chi connectivity index (χ3v) is 3.63. The van der Waals surface area contributed by atoms with Crippen molar-refractivity contribution in [3.8, 4) is 0 Å². The van der Waals surface area contributed by atoms with Crippen LogP contribution < -0.4 is 5.32 Å². The lowest BCUT2D eigenvalue weighted by Crippen LogP contribution is -2.45. The van der Waals surface area contributed by atoms with E-state index in [1.807, 2.05) is 12.1 Å². The molecule has 3 nitrogen and oxygen atoms in total. The van der Waals surface area contributed by atoms with Crippen LogP contribution in [0.1, 0.15) is 36.0 Å². The fourth-order valence-electron chi connectivity index (χ4n) is 2.16. The highest BCUT2D eigenvalue weighted by atomic mass is 79.9. The molecule has 0 bridgehead atoms. The van der Waals surface area contributed by atoms with Gasteiger partial charge in [-0.15, -0.1) is 0 Å². The summed E-state index contributed by atoms with van der Waals surface area (Å²) >= 11 is 3.34. The van der Waals surface area contributed by atoms with Crippen LogP contribution in [0.2, 0.25) is 0 Å². The van der Waals surface area contributed by atoms with Crippen molar-refractivity contribution >= 4 is 21.8 Å². The minimum absolute atomic E-state index is 0.102. The number of halogens is 1. The summed E-state index contributed by atoms with van der Waals surface area (Å²) in [5, 5.41) is 12.7. The second kappa shape index (κ2) is 5.65. The smallest absolute Gasteiger partial charge is 0.251 e. The Balaban J connectivity index is 2.01. The molecule has 1 aromatic rings. The molecular weight excluding hydrogens is 282 g/mol. The third-order valence-electron chi connectivity index (χ3n) is 3.13. The number of aliphatic hydroxyl groups is 1. The number of rotatable bonds is 2. The summed E-state index contributed by atoms with van der Waals surface area (Å²) in [5.41, 5.74) is 0.622. The summed E-state index contributed by atoms with van der Waals surface area (Å²) in [6.45, 7) is 0. The molecule has 0 aliphatic heterocycles. The molecule has 92 valence electrons. The van der Waals surface area contributed by atoms with E-state index >= 15 is 0 Å². The van der Waals surface area contributed by atoms with Crippen molar-refractivity contribution in [3.63, 3.8) is 0 Å². The van der Waals surface area contributed by atoms with Crippen molar-refractivity contribution in [2.45, 2.75) is 37.8 Å². The number of hydrogen-bond acceptors (Lipinski definition) is 2. The molecule has 4 heteroatoms. The first-order chi connectivity index (χ1) is 8.16. The van der Waals surface area contributed by atoms with E-state index in [4.69, 9.17) is 0 Å². The van der Waals surface area contributed by atoms with Gasteiger partial charge in [-0.2, -0.15) is 0 Å². The van der Waals surface area contributed by atoms with Crippen LogP contribution in [-0.2, 0) is 0 Å². The molecule has 2 N–H and O–H groups in total. The highest BCUT2D eigenvalue weighted by Gasteiger charge is 2.24. The standard InChI is InChI=1S/C13H16BrNO2/c14-10-5-3-4-9(8-10)13(17)15-11-6-1-2-7-12(11)16/h3-5,8,11-12,16H,1-2,6-7H2,(H,15,17)/t11-,12-/m1/s1. The van der Waals surface area contributed by atoms with Crippen molar-refractivity contribution in [1.29, 1.82) is 0 Å². The predicted octanol–water partition coefficient (Wildman–Crippen LogP) is 2.48. The van der Waals surface area contributed by atoms with Crippen LogP contribution in [0.3, 0.4) is 0 Å². The molecule has 1 aliphatic carbocycles. The molecule has 0 aromatic heterocycles. The molecule has 0 radical (unpaired) electrons. The molecule has 1 aromatic carbocycles. The normalized spacial score (nSPS) is 24.4. The van der Waals surface area contributed by atoms with Crippen LogP contribution in [0.4, 0.5) is 0 Å². The van der Waals surface area contributed by atoms with E-state index in [0.29, 0.717) is 5.56 Å². The van der Waals surface area contributed by atoms with Crippen LogP contribution in [0.15, 0.2) is 28.7 Å². The van der Waals surface area contributed by atoms with Gasteiger partial charge in [-0.3, -0.25) is 4.79 Å². The first-order valence-electron chi connectivity index (χ1n) is 5.91. The van der Waals surface area contributed by atoms with Crippen molar-refractivity contribution in [1.82, 2.24) is 5.32 Å². The van der Waals surface area contributed by atoms with E-state index in [1.54, 1.807) is 12.1 Å². The van der Waals surface area contributed by atoms with Crippen molar-refractivity contribution < 1.29 is 9.90 Å². The Kier molecular flexibility index (Phi) is 4.18. The quantitative estimate of drug-likeness (QED) is 0.881. The highest BCUT2D eigenvalue weighted by molar-refractivity contribution is 9.10. The van der Waals surface area contributed by atoms with E-state index in [-0.39, 0.29) is 11.9 Å². The van der Waals surface area contributed by atoms with Crippen LogP contribution in [0.5, 0.6) is 0 Å². The number of carbonyl (C=O) groups excluding carboxylic acids is 1. The predicted molar refractivity (Wildman–Crippen MR) is 69.9 cm³/mol. The monoisotopic (exact) mass is 297 g/mol. The molecular formula is C13H16BrNO2. The van der Waals surface area contributed by atoms with Gasteiger partial charge in [0.15, 0.2) is 0 Å². The second-order valence-electron chi connectivity index (χ2n) is 4.44. The Bertz CT molecular complexity index is 408. The first kappa shape index (κ1) is 12.6. The Labute approximate surface area is 109 Å². The van der Waals surface area contributed by atoms with Gasteiger partial charge in [0.25, 0.3) is 5.91 Å². The number of benzene rings is 1. The van der Waals surface area contributed by atoms with Gasteiger partial charge in [-0.25, -0.2) is 0 Å². The number of nitrogens with one attached hydrogen (secondary N) is 1. The zero-order valence-electron chi connectivity index (χ0n) is 9.53. The van der Waals surface area contributed by atoms with E-state index in [9.17, 15) is 9.90 Å². The zero-order valence-corrected chi connectivity index (χ0v) is 11.1.